The average Bonchev–Trinajstić information content (AvgIpc) is 3.70. The predicted octanol–water partition coefficient (Wildman–Crippen LogP) is 0.965. The van der Waals surface area contributed by atoms with Gasteiger partial charge in [0.1, 0.15) is 30.4 Å². The van der Waals surface area contributed by atoms with Crippen LogP contribution in [0.15, 0.2) is 35.7 Å². The second-order valence-electron chi connectivity index (χ2n) is 19.6. The summed E-state index contributed by atoms with van der Waals surface area (Å²) in [6.45, 7) is 12.9. The Balaban J connectivity index is 0.933. The molecule has 2 saturated carbocycles. The number of aryl methyl sites for hydroxylation is 1. The van der Waals surface area contributed by atoms with Crippen molar-refractivity contribution in [2.24, 2.45) is 10.8 Å². The number of carbonyl (C=O) groups excluding carboxylic acids is 4. The molecule has 2 saturated heterocycles. The van der Waals surface area contributed by atoms with Gasteiger partial charge in [0.15, 0.2) is 6.33 Å². The Hall–Kier alpha value is -5.64. The molecular formula is C41H59N15O7. The molecule has 4 aromatic heterocycles. The van der Waals surface area contributed by atoms with Gasteiger partial charge in [-0.3, -0.25) is 19.2 Å². The molecule has 22 nitrogen and oxygen atoms in total. The predicted molar refractivity (Wildman–Crippen MR) is 220 cm³/mol. The smallest absolute Gasteiger partial charge is 0.248 e. The van der Waals surface area contributed by atoms with Gasteiger partial charge in [0, 0.05) is 68.8 Å². The highest BCUT2D eigenvalue weighted by Crippen LogP contribution is 2.46. The lowest BCUT2D eigenvalue weighted by molar-refractivity contribution is -0.144. The van der Waals surface area contributed by atoms with Gasteiger partial charge < -0.3 is 34.8 Å². The van der Waals surface area contributed by atoms with Crippen molar-refractivity contribution >= 4 is 23.6 Å². The van der Waals surface area contributed by atoms with Gasteiger partial charge in [-0.2, -0.15) is 4.80 Å². The molecule has 22 heteroatoms. The standard InChI is InChI=1S/C41H59N15O7/c1-40(2,3)34(38(60)52-18-26(57)14-31(52)36(58)43-12-13-56-45-23-44-49-56)55-21-30(48-51-55)28-16-33(28)63-27-15-32(37(59)42-11-7-8-24-17-46-62-22-24)53(19-27)39(61)35(41(4,5)6)54-20-29(47-50-54)25-9-10-25/h17,20-23,25-28,31-35,57H,7-16,18-19H2,1-6H3,(H,42,59)(H,43,58)/t26-,27-,28?,31+,32+,33?,34-,35-/m1/s1. The van der Waals surface area contributed by atoms with Crippen LogP contribution in [0.2, 0.25) is 0 Å². The molecule has 340 valence electrons. The summed E-state index contributed by atoms with van der Waals surface area (Å²) < 4.78 is 14.8. The highest BCUT2D eigenvalue weighted by Gasteiger charge is 2.51. The van der Waals surface area contributed by atoms with Crippen LogP contribution in [0.1, 0.15) is 121 Å². The van der Waals surface area contributed by atoms with Crippen LogP contribution in [-0.2, 0) is 36.9 Å². The molecule has 0 radical (unpaired) electrons. The molecule has 4 amide bonds. The van der Waals surface area contributed by atoms with Crippen molar-refractivity contribution in [1.82, 2.24) is 75.8 Å². The fourth-order valence-electron chi connectivity index (χ4n) is 8.88. The number of ether oxygens (including phenoxy) is 1. The summed E-state index contributed by atoms with van der Waals surface area (Å²) in [6, 6.07) is -3.16. The van der Waals surface area contributed by atoms with Crippen LogP contribution in [0.5, 0.6) is 0 Å². The molecule has 0 spiro atoms. The zero-order valence-electron chi connectivity index (χ0n) is 36.8. The van der Waals surface area contributed by atoms with Gasteiger partial charge >= 0.3 is 0 Å². The largest absolute Gasteiger partial charge is 0.391 e. The van der Waals surface area contributed by atoms with Crippen molar-refractivity contribution in [2.75, 3.05) is 26.2 Å². The SMILES string of the molecule is CC(C)(C)[C@@H](C(=O)N1C[C@H](OC2CC2c2cn([C@H](C(=O)N3C[C@H](O)C[C@H]3C(=O)NCCn3ncnn3)C(C)(C)C)nn2)C[C@H]1C(=O)NCCCc1cnoc1)n1cc(C2CC2)nn1. The lowest BCUT2D eigenvalue weighted by Gasteiger charge is -2.34. The number of aromatic nitrogens is 11. The third kappa shape index (κ3) is 10.1. The van der Waals surface area contributed by atoms with Crippen molar-refractivity contribution < 1.29 is 33.5 Å². The zero-order valence-corrected chi connectivity index (χ0v) is 36.8. The van der Waals surface area contributed by atoms with E-state index < -0.39 is 47.2 Å². The first-order chi connectivity index (χ1) is 30.0. The minimum Gasteiger partial charge on any atom is -0.391 e. The van der Waals surface area contributed by atoms with Crippen molar-refractivity contribution in [3.05, 3.63) is 48.1 Å². The monoisotopic (exact) mass is 873 g/mol. The highest BCUT2D eigenvalue weighted by atomic mass is 16.5. The maximum Gasteiger partial charge on any atom is 0.248 e. The molecule has 8 atom stereocenters. The van der Waals surface area contributed by atoms with Crippen LogP contribution >= 0.6 is 0 Å². The van der Waals surface area contributed by atoms with Crippen LogP contribution in [-0.4, -0.2) is 150 Å². The molecule has 8 rings (SSSR count). The van der Waals surface area contributed by atoms with E-state index in [2.05, 4.69) is 51.8 Å². The lowest BCUT2D eigenvalue weighted by atomic mass is 9.85. The fourth-order valence-corrected chi connectivity index (χ4v) is 8.88. The quantitative estimate of drug-likeness (QED) is 0.125. The first kappa shape index (κ1) is 44.0. The number of amides is 4. The number of likely N-dealkylation sites (tertiary alicyclic amines) is 2. The van der Waals surface area contributed by atoms with Crippen molar-refractivity contribution in [3.8, 4) is 0 Å². The lowest BCUT2D eigenvalue weighted by Crippen LogP contribution is -2.50. The molecule has 4 aliphatic rings. The van der Waals surface area contributed by atoms with Gasteiger partial charge in [0.05, 0.1) is 42.4 Å². The van der Waals surface area contributed by atoms with Crippen molar-refractivity contribution in [1.29, 1.82) is 0 Å². The minimum absolute atomic E-state index is 0.00794. The fraction of sp³-hybridized carbons (Fsp3) is 0.707. The number of hydrogen-bond donors (Lipinski definition) is 3. The van der Waals surface area contributed by atoms with E-state index >= 15 is 0 Å². The number of β-amino-alcohol motifs (C(OH)–C–C–N with tert-alkyl or cyclic N) is 1. The summed E-state index contributed by atoms with van der Waals surface area (Å²) in [5.74, 6) is -0.934. The van der Waals surface area contributed by atoms with Crippen molar-refractivity contribution in [2.45, 2.75) is 147 Å². The zero-order chi connectivity index (χ0) is 44.6. The van der Waals surface area contributed by atoms with Crippen LogP contribution in [0, 0.1) is 10.8 Å². The van der Waals surface area contributed by atoms with E-state index in [0.29, 0.717) is 50.4 Å². The summed E-state index contributed by atoms with van der Waals surface area (Å²) in [5.41, 5.74) is 1.29. The van der Waals surface area contributed by atoms with Gasteiger partial charge in [0.25, 0.3) is 0 Å². The number of tetrazole rings is 1. The molecular weight excluding hydrogens is 815 g/mol. The third-order valence-electron chi connectivity index (χ3n) is 12.3. The van der Waals surface area contributed by atoms with Gasteiger partial charge in [-0.1, -0.05) is 57.1 Å². The topological polar surface area (TPSA) is 259 Å². The Morgan fingerprint density at radius 2 is 1.48 bits per heavy atom. The maximum absolute atomic E-state index is 14.7. The molecule has 0 bridgehead atoms. The highest BCUT2D eigenvalue weighted by molar-refractivity contribution is 5.91. The average molecular weight is 874 g/mol. The summed E-state index contributed by atoms with van der Waals surface area (Å²) >= 11 is 0. The Bertz CT molecular complexity index is 2210. The molecule has 6 heterocycles. The van der Waals surface area contributed by atoms with E-state index in [0.717, 1.165) is 24.1 Å². The molecule has 2 aliphatic heterocycles. The number of rotatable bonds is 17. The van der Waals surface area contributed by atoms with Gasteiger partial charge in [-0.25, -0.2) is 9.36 Å². The van der Waals surface area contributed by atoms with Crippen molar-refractivity contribution in [3.63, 3.8) is 0 Å². The Morgan fingerprint density at radius 3 is 2.10 bits per heavy atom. The molecule has 63 heavy (non-hydrogen) atoms. The molecule has 3 N–H and O–H groups in total. The number of carbonyl (C=O) groups is 4. The van der Waals surface area contributed by atoms with E-state index in [9.17, 15) is 24.3 Å². The number of hydrogen-bond acceptors (Lipinski definition) is 15. The first-order valence-corrected chi connectivity index (χ1v) is 22.0. The molecule has 2 unspecified atom stereocenters. The number of nitrogens with one attached hydrogen (secondary N) is 2. The number of nitrogens with zero attached hydrogens (tertiary/aromatic N) is 13. The van der Waals surface area contributed by atoms with Gasteiger partial charge in [-0.05, 0) is 48.1 Å². The summed E-state index contributed by atoms with van der Waals surface area (Å²) in [4.78, 5) is 60.7. The van der Waals surface area contributed by atoms with Crippen LogP contribution in [0.3, 0.4) is 0 Å². The summed E-state index contributed by atoms with van der Waals surface area (Å²) in [5, 5.41) is 49.4. The van der Waals surface area contributed by atoms with Crippen LogP contribution < -0.4 is 10.6 Å². The second-order valence-corrected chi connectivity index (χ2v) is 19.6. The van der Waals surface area contributed by atoms with Crippen LogP contribution in [0.25, 0.3) is 0 Å². The summed E-state index contributed by atoms with van der Waals surface area (Å²) in [7, 11) is 0. The Kier molecular flexibility index (Phi) is 12.5. The van der Waals surface area contributed by atoms with E-state index in [1.54, 1.807) is 32.9 Å². The van der Waals surface area contributed by atoms with Crippen LogP contribution in [0.4, 0.5) is 0 Å². The summed E-state index contributed by atoms with van der Waals surface area (Å²) in [6.07, 6.45) is 11.2. The second kappa shape index (κ2) is 17.9. The van der Waals surface area contributed by atoms with E-state index in [-0.39, 0.29) is 61.7 Å². The first-order valence-electron chi connectivity index (χ1n) is 22.0. The maximum atomic E-state index is 14.7. The van der Waals surface area contributed by atoms with Gasteiger partial charge in [0.2, 0.25) is 23.6 Å². The molecule has 4 fully saturated rings. The molecule has 4 aromatic rings. The molecule has 0 aromatic carbocycles. The van der Waals surface area contributed by atoms with E-state index in [1.165, 1.54) is 16.0 Å². The Morgan fingerprint density at radius 1 is 0.841 bits per heavy atom. The van der Waals surface area contributed by atoms with E-state index in [1.807, 2.05) is 47.7 Å². The van der Waals surface area contributed by atoms with Gasteiger partial charge in [-0.15, -0.1) is 20.4 Å². The van der Waals surface area contributed by atoms with E-state index in [4.69, 9.17) is 9.26 Å². The number of aliphatic hydroxyl groups is 1. The normalized spacial score (nSPS) is 24.7. The number of aliphatic hydroxyl groups excluding tert-OH is 1. The molecule has 2 aliphatic carbocycles. The Labute approximate surface area is 364 Å². The third-order valence-corrected chi connectivity index (χ3v) is 12.3. The minimum atomic E-state index is -0.871.